The Morgan fingerprint density at radius 2 is 2.26 bits per heavy atom. The van der Waals surface area contributed by atoms with Crippen molar-refractivity contribution in [2.75, 3.05) is 25.2 Å². The maximum Gasteiger partial charge on any atom is 0.313 e. The Kier molecular flexibility index (Phi) is 6.89. The number of methoxy groups -OCH3 is 1. The smallest absolute Gasteiger partial charge is 0.313 e. The average Bonchev–Trinajstić information content (AvgIpc) is 2.39. The number of ether oxygens (including phenoxy) is 2. The topological polar surface area (TPSA) is 55.8 Å². The summed E-state index contributed by atoms with van der Waals surface area (Å²) in [7, 11) is 1.60. The summed E-state index contributed by atoms with van der Waals surface area (Å²) in [5.74, 6) is 1.27. The minimum atomic E-state index is -0.809. The molecular weight excluding hydrogens is 264 g/mol. The molecule has 19 heavy (non-hydrogen) atoms. The number of allylic oxidation sites excluding steroid dienone is 1. The first kappa shape index (κ1) is 15.4. The molecule has 0 saturated carbocycles. The van der Waals surface area contributed by atoms with Crippen molar-refractivity contribution in [1.82, 2.24) is 0 Å². The Hall–Kier alpha value is -1.62. The molecule has 0 aromatic heterocycles. The van der Waals surface area contributed by atoms with E-state index in [1.807, 2.05) is 24.3 Å². The van der Waals surface area contributed by atoms with Gasteiger partial charge in [-0.2, -0.15) is 0 Å². The molecule has 0 aliphatic carbocycles. The lowest BCUT2D eigenvalue weighted by Crippen LogP contribution is -2.05. The van der Waals surface area contributed by atoms with Gasteiger partial charge in [-0.3, -0.25) is 4.79 Å². The highest BCUT2D eigenvalue weighted by molar-refractivity contribution is 7.99. The molecular formula is C14H18O4S. The number of aliphatic carboxylic acids is 1. The highest BCUT2D eigenvalue weighted by Gasteiger charge is 2.05. The van der Waals surface area contributed by atoms with Gasteiger partial charge in [-0.05, 0) is 24.1 Å². The van der Waals surface area contributed by atoms with Crippen LogP contribution >= 0.6 is 11.8 Å². The van der Waals surface area contributed by atoms with Crippen LogP contribution in [0.25, 0.3) is 0 Å². The SMILES string of the molecule is C=CCc1ccc(OCCSCC(=O)O)c(OC)c1. The molecule has 0 aliphatic rings. The Morgan fingerprint density at radius 3 is 2.89 bits per heavy atom. The van der Waals surface area contributed by atoms with Gasteiger partial charge in [-0.1, -0.05) is 12.1 Å². The van der Waals surface area contributed by atoms with E-state index in [-0.39, 0.29) is 5.75 Å². The summed E-state index contributed by atoms with van der Waals surface area (Å²) in [6.07, 6.45) is 2.61. The molecule has 0 saturated heterocycles. The molecule has 0 unspecified atom stereocenters. The zero-order valence-electron chi connectivity index (χ0n) is 10.9. The van der Waals surface area contributed by atoms with E-state index in [1.165, 1.54) is 11.8 Å². The van der Waals surface area contributed by atoms with Gasteiger partial charge in [0.1, 0.15) is 0 Å². The van der Waals surface area contributed by atoms with E-state index in [9.17, 15) is 4.79 Å². The van der Waals surface area contributed by atoms with Crippen LogP contribution in [0.2, 0.25) is 0 Å². The third kappa shape index (κ3) is 5.70. The number of rotatable bonds is 9. The van der Waals surface area contributed by atoms with Crippen LogP contribution in [0.15, 0.2) is 30.9 Å². The molecule has 1 aromatic rings. The normalized spacial score (nSPS) is 9.95. The minimum Gasteiger partial charge on any atom is -0.493 e. The summed E-state index contributed by atoms with van der Waals surface area (Å²) in [5.41, 5.74) is 1.11. The van der Waals surface area contributed by atoms with Crippen LogP contribution in [-0.2, 0) is 11.2 Å². The van der Waals surface area contributed by atoms with Crippen LogP contribution in [0.5, 0.6) is 11.5 Å². The minimum absolute atomic E-state index is 0.0960. The molecule has 5 heteroatoms. The highest BCUT2D eigenvalue weighted by Crippen LogP contribution is 2.28. The molecule has 0 radical (unpaired) electrons. The summed E-state index contributed by atoms with van der Waals surface area (Å²) >= 11 is 1.33. The predicted molar refractivity (Wildman–Crippen MR) is 77.4 cm³/mol. The number of carboxylic acid groups (broad SMARTS) is 1. The van der Waals surface area contributed by atoms with Crippen LogP contribution in [0.4, 0.5) is 0 Å². The van der Waals surface area contributed by atoms with Crippen LogP contribution in [0, 0.1) is 0 Å². The number of thioether (sulfide) groups is 1. The van der Waals surface area contributed by atoms with E-state index in [0.29, 0.717) is 23.9 Å². The fraction of sp³-hybridized carbons (Fsp3) is 0.357. The molecule has 0 spiro atoms. The molecule has 104 valence electrons. The number of hydrogen-bond acceptors (Lipinski definition) is 4. The van der Waals surface area contributed by atoms with Gasteiger partial charge >= 0.3 is 5.97 Å². The van der Waals surface area contributed by atoms with Crippen LogP contribution in [0.1, 0.15) is 5.56 Å². The first-order valence-electron chi connectivity index (χ1n) is 5.87. The summed E-state index contributed by atoms with van der Waals surface area (Å²) in [5, 5.41) is 8.50. The zero-order valence-corrected chi connectivity index (χ0v) is 11.7. The number of carbonyl (C=O) groups is 1. The first-order chi connectivity index (χ1) is 9.17. The standard InChI is InChI=1S/C14H18O4S/c1-3-4-11-5-6-12(13(9-11)17-2)18-7-8-19-10-14(15)16/h3,5-6,9H,1,4,7-8,10H2,2H3,(H,15,16). The lowest BCUT2D eigenvalue weighted by molar-refractivity contribution is -0.133. The van der Waals surface area contributed by atoms with E-state index in [2.05, 4.69) is 6.58 Å². The zero-order chi connectivity index (χ0) is 14.1. The van der Waals surface area contributed by atoms with Gasteiger partial charge in [0.15, 0.2) is 11.5 Å². The van der Waals surface area contributed by atoms with E-state index >= 15 is 0 Å². The second-order valence-corrected chi connectivity index (χ2v) is 4.88. The number of carboxylic acids is 1. The van der Waals surface area contributed by atoms with Gasteiger partial charge in [-0.25, -0.2) is 0 Å². The molecule has 0 fully saturated rings. The molecule has 1 rings (SSSR count). The molecule has 0 atom stereocenters. The second-order valence-electron chi connectivity index (χ2n) is 3.77. The van der Waals surface area contributed by atoms with Crippen LogP contribution < -0.4 is 9.47 Å². The van der Waals surface area contributed by atoms with Crippen LogP contribution in [0.3, 0.4) is 0 Å². The van der Waals surface area contributed by atoms with Crippen molar-refractivity contribution < 1.29 is 19.4 Å². The average molecular weight is 282 g/mol. The summed E-state index contributed by atoms with van der Waals surface area (Å²) < 4.78 is 10.8. The van der Waals surface area contributed by atoms with Crippen LogP contribution in [-0.4, -0.2) is 36.3 Å². The molecule has 1 aromatic carbocycles. The molecule has 0 heterocycles. The Balaban J connectivity index is 2.48. The molecule has 4 nitrogen and oxygen atoms in total. The maximum atomic E-state index is 10.3. The van der Waals surface area contributed by atoms with Crippen molar-refractivity contribution in [2.24, 2.45) is 0 Å². The Bertz CT molecular complexity index is 431. The fourth-order valence-electron chi connectivity index (χ4n) is 1.49. The largest absolute Gasteiger partial charge is 0.493 e. The Morgan fingerprint density at radius 1 is 1.47 bits per heavy atom. The molecule has 0 bridgehead atoms. The fourth-order valence-corrected chi connectivity index (χ4v) is 2.02. The van der Waals surface area contributed by atoms with Crippen molar-refractivity contribution in [3.63, 3.8) is 0 Å². The van der Waals surface area contributed by atoms with Crippen molar-refractivity contribution in [3.05, 3.63) is 36.4 Å². The maximum absolute atomic E-state index is 10.3. The molecule has 0 aliphatic heterocycles. The summed E-state index contributed by atoms with van der Waals surface area (Å²) in [6.45, 7) is 4.15. The van der Waals surface area contributed by atoms with Gasteiger partial charge in [0.2, 0.25) is 0 Å². The number of benzene rings is 1. The lowest BCUT2D eigenvalue weighted by atomic mass is 10.1. The van der Waals surface area contributed by atoms with Gasteiger partial charge < -0.3 is 14.6 Å². The van der Waals surface area contributed by atoms with Crippen molar-refractivity contribution in [3.8, 4) is 11.5 Å². The predicted octanol–water partition coefficient (Wildman–Crippen LogP) is 2.62. The van der Waals surface area contributed by atoms with E-state index in [0.717, 1.165) is 12.0 Å². The van der Waals surface area contributed by atoms with Crippen molar-refractivity contribution in [2.45, 2.75) is 6.42 Å². The highest BCUT2D eigenvalue weighted by atomic mass is 32.2. The van der Waals surface area contributed by atoms with E-state index in [4.69, 9.17) is 14.6 Å². The monoisotopic (exact) mass is 282 g/mol. The third-order valence-electron chi connectivity index (χ3n) is 2.32. The van der Waals surface area contributed by atoms with Crippen molar-refractivity contribution in [1.29, 1.82) is 0 Å². The number of hydrogen-bond donors (Lipinski definition) is 1. The third-order valence-corrected chi connectivity index (χ3v) is 3.23. The van der Waals surface area contributed by atoms with Gasteiger partial charge in [0, 0.05) is 5.75 Å². The lowest BCUT2D eigenvalue weighted by Gasteiger charge is -2.11. The summed E-state index contributed by atoms with van der Waals surface area (Å²) in [4.78, 5) is 10.3. The second kappa shape index (κ2) is 8.48. The van der Waals surface area contributed by atoms with Gasteiger partial charge in [0.05, 0.1) is 19.5 Å². The Labute approximate surface area is 117 Å². The molecule has 0 amide bonds. The summed E-state index contributed by atoms with van der Waals surface area (Å²) in [6, 6.07) is 5.74. The molecule has 1 N–H and O–H groups in total. The first-order valence-corrected chi connectivity index (χ1v) is 7.03. The van der Waals surface area contributed by atoms with E-state index < -0.39 is 5.97 Å². The van der Waals surface area contributed by atoms with Gasteiger partial charge in [0.25, 0.3) is 0 Å². The van der Waals surface area contributed by atoms with Crippen molar-refractivity contribution >= 4 is 17.7 Å². The van der Waals surface area contributed by atoms with Gasteiger partial charge in [-0.15, -0.1) is 18.3 Å². The van der Waals surface area contributed by atoms with E-state index in [1.54, 1.807) is 7.11 Å². The quantitative estimate of drug-likeness (QED) is 0.557.